The topological polar surface area (TPSA) is 79.5 Å². The summed E-state index contributed by atoms with van der Waals surface area (Å²) in [4.78, 5) is 14.5. The van der Waals surface area contributed by atoms with Gasteiger partial charge in [0.05, 0.1) is 6.20 Å². The third-order valence-corrected chi connectivity index (χ3v) is 1.85. The van der Waals surface area contributed by atoms with Crippen molar-refractivity contribution in [1.29, 1.82) is 0 Å². The number of nitrogens with zero attached hydrogens (tertiary/aromatic N) is 3. The summed E-state index contributed by atoms with van der Waals surface area (Å²) < 4.78 is 1.49. The van der Waals surface area contributed by atoms with E-state index in [1.54, 1.807) is 18.5 Å². The molecule has 0 bridgehead atoms. The molecule has 0 fully saturated rings. The first-order chi connectivity index (χ1) is 7.20. The number of aromatic nitrogens is 3. The molecule has 0 saturated heterocycles. The van der Waals surface area contributed by atoms with Crippen molar-refractivity contribution >= 4 is 23.5 Å². The van der Waals surface area contributed by atoms with Crippen molar-refractivity contribution in [2.24, 2.45) is 0 Å². The van der Waals surface area contributed by atoms with Crippen LogP contribution in [-0.4, -0.2) is 25.8 Å². The standard InChI is InChI=1S/C9H8N4O2/c1-2-6-3-10-8-7(12-9(14)15)4-11-13(8)5-6/h2-5,12H,1H2,(H,14,15). The van der Waals surface area contributed by atoms with Crippen molar-refractivity contribution in [3.8, 4) is 0 Å². The SMILES string of the molecule is C=Cc1cnc2c(NC(=O)O)cnn2c1. The van der Waals surface area contributed by atoms with Crippen molar-refractivity contribution in [2.45, 2.75) is 0 Å². The predicted octanol–water partition coefficient (Wildman–Crippen LogP) is 1.46. The second-order valence-corrected chi connectivity index (χ2v) is 2.85. The summed E-state index contributed by atoms with van der Waals surface area (Å²) in [5.41, 5.74) is 1.63. The summed E-state index contributed by atoms with van der Waals surface area (Å²) in [6.07, 6.45) is 5.21. The van der Waals surface area contributed by atoms with Crippen LogP contribution in [0, 0.1) is 0 Å². The highest BCUT2D eigenvalue weighted by atomic mass is 16.4. The number of fused-ring (bicyclic) bond motifs is 1. The highest BCUT2D eigenvalue weighted by Gasteiger charge is 2.07. The molecule has 0 aliphatic heterocycles. The third kappa shape index (κ3) is 1.64. The second kappa shape index (κ2) is 3.41. The number of anilines is 1. The summed E-state index contributed by atoms with van der Waals surface area (Å²) in [6, 6.07) is 0. The van der Waals surface area contributed by atoms with Crippen LogP contribution in [0.5, 0.6) is 0 Å². The van der Waals surface area contributed by atoms with E-state index >= 15 is 0 Å². The van der Waals surface area contributed by atoms with Gasteiger partial charge in [0.1, 0.15) is 5.69 Å². The van der Waals surface area contributed by atoms with E-state index in [0.717, 1.165) is 5.56 Å². The van der Waals surface area contributed by atoms with E-state index in [0.29, 0.717) is 11.3 Å². The lowest BCUT2D eigenvalue weighted by molar-refractivity contribution is 0.210. The van der Waals surface area contributed by atoms with Crippen molar-refractivity contribution in [2.75, 3.05) is 5.32 Å². The van der Waals surface area contributed by atoms with Gasteiger partial charge in [0.25, 0.3) is 0 Å². The Morgan fingerprint density at radius 2 is 2.40 bits per heavy atom. The maximum absolute atomic E-state index is 10.4. The maximum Gasteiger partial charge on any atom is 0.409 e. The van der Waals surface area contributed by atoms with Crippen LogP contribution in [-0.2, 0) is 0 Å². The summed E-state index contributed by atoms with van der Waals surface area (Å²) >= 11 is 0. The molecule has 2 heterocycles. The minimum Gasteiger partial charge on any atom is -0.465 e. The lowest BCUT2D eigenvalue weighted by Crippen LogP contribution is -2.07. The molecule has 15 heavy (non-hydrogen) atoms. The van der Waals surface area contributed by atoms with E-state index in [1.165, 1.54) is 10.7 Å². The first-order valence-corrected chi connectivity index (χ1v) is 4.16. The predicted molar refractivity (Wildman–Crippen MR) is 54.7 cm³/mol. The molecule has 0 aromatic carbocycles. The monoisotopic (exact) mass is 204 g/mol. The van der Waals surface area contributed by atoms with Crippen molar-refractivity contribution in [3.63, 3.8) is 0 Å². The average Bonchev–Trinajstić information content (AvgIpc) is 2.60. The van der Waals surface area contributed by atoms with E-state index in [2.05, 4.69) is 22.0 Å². The molecule has 0 unspecified atom stereocenters. The Morgan fingerprint density at radius 1 is 1.60 bits per heavy atom. The lowest BCUT2D eigenvalue weighted by atomic mass is 10.3. The minimum atomic E-state index is -1.14. The third-order valence-electron chi connectivity index (χ3n) is 1.85. The van der Waals surface area contributed by atoms with Gasteiger partial charge < -0.3 is 5.11 Å². The van der Waals surface area contributed by atoms with Crippen LogP contribution in [0.1, 0.15) is 5.56 Å². The van der Waals surface area contributed by atoms with Gasteiger partial charge in [0, 0.05) is 18.0 Å². The fraction of sp³-hybridized carbons (Fsp3) is 0. The average molecular weight is 204 g/mol. The van der Waals surface area contributed by atoms with Crippen LogP contribution in [0.4, 0.5) is 10.5 Å². The Hall–Kier alpha value is -2.37. The highest BCUT2D eigenvalue weighted by Crippen LogP contribution is 2.14. The Balaban J connectivity index is 2.51. The zero-order chi connectivity index (χ0) is 10.8. The zero-order valence-electron chi connectivity index (χ0n) is 7.71. The summed E-state index contributed by atoms with van der Waals surface area (Å²) in [5, 5.41) is 14.7. The normalized spacial score (nSPS) is 10.1. The largest absolute Gasteiger partial charge is 0.465 e. The molecule has 1 amide bonds. The summed E-state index contributed by atoms with van der Waals surface area (Å²) in [7, 11) is 0. The summed E-state index contributed by atoms with van der Waals surface area (Å²) in [5.74, 6) is 0. The number of hydrogen-bond acceptors (Lipinski definition) is 3. The fourth-order valence-electron chi connectivity index (χ4n) is 1.20. The van der Waals surface area contributed by atoms with Crippen LogP contribution in [0.15, 0.2) is 25.2 Å². The van der Waals surface area contributed by atoms with Gasteiger partial charge in [-0.3, -0.25) is 5.32 Å². The van der Waals surface area contributed by atoms with E-state index < -0.39 is 6.09 Å². The highest BCUT2D eigenvalue weighted by molar-refractivity contribution is 5.87. The zero-order valence-corrected chi connectivity index (χ0v) is 7.71. The minimum absolute atomic E-state index is 0.359. The first kappa shape index (κ1) is 9.20. The number of hydrogen-bond donors (Lipinski definition) is 2. The molecule has 2 aromatic rings. The molecule has 2 rings (SSSR count). The van der Waals surface area contributed by atoms with E-state index in [-0.39, 0.29) is 0 Å². The van der Waals surface area contributed by atoms with Gasteiger partial charge in [-0.15, -0.1) is 0 Å². The Bertz CT molecular complexity index is 532. The molecule has 0 spiro atoms. The Kier molecular flexibility index (Phi) is 2.09. The van der Waals surface area contributed by atoms with E-state index in [1.807, 2.05) is 0 Å². The van der Waals surface area contributed by atoms with Crippen molar-refractivity contribution < 1.29 is 9.90 Å². The fourth-order valence-corrected chi connectivity index (χ4v) is 1.20. The van der Waals surface area contributed by atoms with Gasteiger partial charge in [-0.1, -0.05) is 12.7 Å². The van der Waals surface area contributed by atoms with Crippen LogP contribution in [0.3, 0.4) is 0 Å². The number of amides is 1. The van der Waals surface area contributed by atoms with E-state index in [9.17, 15) is 4.79 Å². The Labute approximate surface area is 84.9 Å². The van der Waals surface area contributed by atoms with Crippen molar-refractivity contribution in [3.05, 3.63) is 30.7 Å². The number of rotatable bonds is 2. The maximum atomic E-state index is 10.4. The van der Waals surface area contributed by atoms with E-state index in [4.69, 9.17) is 5.11 Å². The molecule has 0 atom stereocenters. The smallest absolute Gasteiger partial charge is 0.409 e. The number of nitrogens with one attached hydrogen (secondary N) is 1. The molecular weight excluding hydrogens is 196 g/mol. The quantitative estimate of drug-likeness (QED) is 0.776. The van der Waals surface area contributed by atoms with Gasteiger partial charge >= 0.3 is 6.09 Å². The van der Waals surface area contributed by atoms with Crippen LogP contribution in [0.25, 0.3) is 11.7 Å². The van der Waals surface area contributed by atoms with Gasteiger partial charge in [0.15, 0.2) is 5.65 Å². The molecule has 0 saturated carbocycles. The molecule has 2 N–H and O–H groups in total. The number of carbonyl (C=O) groups is 1. The Morgan fingerprint density at radius 3 is 3.07 bits per heavy atom. The molecule has 76 valence electrons. The molecule has 0 aliphatic rings. The molecule has 0 radical (unpaired) electrons. The first-order valence-electron chi connectivity index (χ1n) is 4.16. The lowest BCUT2D eigenvalue weighted by Gasteiger charge is -1.97. The van der Waals surface area contributed by atoms with Crippen LogP contribution in [0.2, 0.25) is 0 Å². The van der Waals surface area contributed by atoms with Crippen molar-refractivity contribution in [1.82, 2.24) is 14.6 Å². The van der Waals surface area contributed by atoms with Crippen LogP contribution >= 0.6 is 0 Å². The molecular formula is C9H8N4O2. The molecule has 2 aromatic heterocycles. The molecule has 0 aliphatic carbocycles. The number of carboxylic acid groups (broad SMARTS) is 1. The van der Waals surface area contributed by atoms with Gasteiger partial charge in [-0.05, 0) is 0 Å². The summed E-state index contributed by atoms with van der Waals surface area (Å²) in [6.45, 7) is 3.60. The van der Waals surface area contributed by atoms with Gasteiger partial charge in [0.2, 0.25) is 0 Å². The second-order valence-electron chi connectivity index (χ2n) is 2.85. The molecule has 6 nitrogen and oxygen atoms in total. The van der Waals surface area contributed by atoms with Gasteiger partial charge in [-0.25, -0.2) is 14.3 Å². The van der Waals surface area contributed by atoms with Gasteiger partial charge in [-0.2, -0.15) is 5.10 Å². The van der Waals surface area contributed by atoms with Crippen LogP contribution < -0.4 is 5.32 Å². The molecule has 6 heteroatoms.